The van der Waals surface area contributed by atoms with E-state index in [-0.39, 0.29) is 24.0 Å². The van der Waals surface area contributed by atoms with Crippen LogP contribution in [-0.4, -0.2) is 44.9 Å². The quantitative estimate of drug-likeness (QED) is 0.611. The monoisotopic (exact) mass is 390 g/mol. The van der Waals surface area contributed by atoms with Gasteiger partial charge >= 0.3 is 5.69 Å². The number of carbonyl (C=O) groups is 1. The zero-order valence-corrected chi connectivity index (χ0v) is 15.7. The third-order valence-electron chi connectivity index (χ3n) is 4.79. The van der Waals surface area contributed by atoms with Gasteiger partial charge in [0.25, 0.3) is 5.91 Å². The molecule has 1 aliphatic rings. The number of amides is 1. The van der Waals surface area contributed by atoms with Crippen LogP contribution in [0.4, 0.5) is 0 Å². The molecule has 0 saturated carbocycles. The lowest BCUT2D eigenvalue weighted by molar-refractivity contribution is 0.0946. The molecule has 2 aromatic heterocycles. The number of rotatable bonds is 5. The maximum absolute atomic E-state index is 12.3. The Morgan fingerprint density at radius 3 is 2.96 bits per heavy atom. The van der Waals surface area contributed by atoms with Gasteiger partial charge in [0.05, 0.1) is 17.1 Å². The van der Waals surface area contributed by atoms with Gasteiger partial charge in [0.2, 0.25) is 0 Å². The molecule has 0 radical (unpaired) electrons. The minimum atomic E-state index is -0.222. The Morgan fingerprint density at radius 2 is 2.15 bits per heavy atom. The summed E-state index contributed by atoms with van der Waals surface area (Å²) in [5.41, 5.74) is 1.86. The van der Waals surface area contributed by atoms with Gasteiger partial charge in [-0.15, -0.1) is 12.4 Å². The van der Waals surface area contributed by atoms with Crippen molar-refractivity contribution in [3.63, 3.8) is 0 Å². The zero-order chi connectivity index (χ0) is 17.9. The Balaban J connectivity index is 0.00000210. The molecule has 144 valence electrons. The van der Waals surface area contributed by atoms with Crippen LogP contribution in [0.15, 0.2) is 41.3 Å². The van der Waals surface area contributed by atoms with Crippen LogP contribution < -0.4 is 16.3 Å². The fourth-order valence-corrected chi connectivity index (χ4v) is 3.42. The number of benzene rings is 1. The van der Waals surface area contributed by atoms with E-state index in [0.717, 1.165) is 37.0 Å². The molecule has 27 heavy (non-hydrogen) atoms. The molecule has 1 amide bonds. The summed E-state index contributed by atoms with van der Waals surface area (Å²) in [6.45, 7) is 2.69. The van der Waals surface area contributed by atoms with Gasteiger partial charge in [-0.2, -0.15) is 5.10 Å². The number of hydrogen-bond acceptors (Lipinski definition) is 4. The zero-order valence-electron chi connectivity index (χ0n) is 14.9. The van der Waals surface area contributed by atoms with Crippen molar-refractivity contribution in [2.24, 2.45) is 0 Å². The second-order valence-corrected chi connectivity index (χ2v) is 6.54. The van der Waals surface area contributed by atoms with E-state index in [1.54, 1.807) is 10.6 Å². The highest BCUT2D eigenvalue weighted by Gasteiger charge is 2.17. The van der Waals surface area contributed by atoms with Gasteiger partial charge in [-0.25, -0.2) is 4.79 Å². The summed E-state index contributed by atoms with van der Waals surface area (Å²) in [5.74, 6) is -0.222. The largest absolute Gasteiger partial charge is 0.349 e. The van der Waals surface area contributed by atoms with Crippen molar-refractivity contribution >= 4 is 29.3 Å². The lowest BCUT2D eigenvalue weighted by Crippen LogP contribution is -2.32. The standard InChI is InChI=1S/C18H22N6O2.ClH/c25-17(15-7-10-24(22-15)13-4-3-8-19-12-13)20-9-11-23-16-6-2-1-5-14(16)21-18(23)26;/h1-2,5-7,10,13,19H,3-4,8-9,11-12H2,(H,20,25)(H,21,26);1H. The number of imidazole rings is 1. The Labute approximate surface area is 162 Å². The third kappa shape index (κ3) is 4.06. The van der Waals surface area contributed by atoms with Crippen LogP contribution in [0.1, 0.15) is 29.4 Å². The molecule has 1 unspecified atom stereocenters. The van der Waals surface area contributed by atoms with Gasteiger partial charge in [0.15, 0.2) is 0 Å². The first-order valence-electron chi connectivity index (χ1n) is 8.94. The first kappa shape index (κ1) is 19.2. The molecular formula is C18H23ClN6O2. The maximum Gasteiger partial charge on any atom is 0.326 e. The predicted molar refractivity (Wildman–Crippen MR) is 106 cm³/mol. The molecule has 0 bridgehead atoms. The Hall–Kier alpha value is -2.58. The first-order chi connectivity index (χ1) is 12.7. The summed E-state index contributed by atoms with van der Waals surface area (Å²) in [6.07, 6.45) is 4.04. The molecule has 1 aromatic carbocycles. The number of fused-ring (bicyclic) bond motifs is 1. The lowest BCUT2D eigenvalue weighted by Gasteiger charge is -2.22. The summed E-state index contributed by atoms with van der Waals surface area (Å²) < 4.78 is 3.49. The molecule has 4 rings (SSSR count). The van der Waals surface area contributed by atoms with Gasteiger partial charge in [-0.3, -0.25) is 14.0 Å². The Kier molecular flexibility index (Phi) is 5.98. The first-order valence-corrected chi connectivity index (χ1v) is 8.94. The highest BCUT2D eigenvalue weighted by atomic mass is 35.5. The fraction of sp³-hybridized carbons (Fsp3) is 0.389. The Bertz CT molecular complexity index is 970. The van der Waals surface area contributed by atoms with Gasteiger partial charge in [0, 0.05) is 25.8 Å². The van der Waals surface area contributed by atoms with Gasteiger partial charge < -0.3 is 15.6 Å². The van der Waals surface area contributed by atoms with E-state index >= 15 is 0 Å². The smallest absolute Gasteiger partial charge is 0.326 e. The van der Waals surface area contributed by atoms with Crippen molar-refractivity contribution in [2.45, 2.75) is 25.4 Å². The molecule has 3 aromatic rings. The molecule has 3 heterocycles. The van der Waals surface area contributed by atoms with Gasteiger partial charge in [-0.1, -0.05) is 12.1 Å². The molecule has 1 atom stereocenters. The lowest BCUT2D eigenvalue weighted by atomic mass is 10.1. The highest BCUT2D eigenvalue weighted by Crippen LogP contribution is 2.15. The number of para-hydroxylation sites is 2. The second kappa shape index (κ2) is 8.41. The molecular weight excluding hydrogens is 368 g/mol. The minimum absolute atomic E-state index is 0. The van der Waals surface area contributed by atoms with E-state index in [9.17, 15) is 9.59 Å². The number of H-pyrrole nitrogens is 1. The van der Waals surface area contributed by atoms with Crippen molar-refractivity contribution in [1.29, 1.82) is 0 Å². The van der Waals surface area contributed by atoms with Crippen molar-refractivity contribution in [2.75, 3.05) is 19.6 Å². The number of aromatic amines is 1. The van der Waals surface area contributed by atoms with Gasteiger partial charge in [0.1, 0.15) is 5.69 Å². The average Bonchev–Trinajstić information content (AvgIpc) is 3.28. The molecule has 9 heteroatoms. The van der Waals surface area contributed by atoms with E-state index in [1.165, 1.54) is 0 Å². The molecule has 1 saturated heterocycles. The van der Waals surface area contributed by atoms with Crippen LogP contribution in [-0.2, 0) is 6.54 Å². The van der Waals surface area contributed by atoms with Gasteiger partial charge in [-0.05, 0) is 37.6 Å². The van der Waals surface area contributed by atoms with Crippen LogP contribution in [0.5, 0.6) is 0 Å². The summed E-state index contributed by atoms with van der Waals surface area (Å²) in [4.78, 5) is 27.2. The van der Waals surface area contributed by atoms with E-state index < -0.39 is 0 Å². The van der Waals surface area contributed by atoms with Crippen molar-refractivity contribution < 1.29 is 4.79 Å². The van der Waals surface area contributed by atoms with Crippen LogP contribution in [0.3, 0.4) is 0 Å². The number of halogens is 1. The molecule has 3 N–H and O–H groups in total. The second-order valence-electron chi connectivity index (χ2n) is 6.54. The SMILES string of the molecule is Cl.O=C(NCCn1c(=O)[nH]c2ccccc21)c1ccn(C2CCCNC2)n1. The molecule has 8 nitrogen and oxygen atoms in total. The van der Waals surface area contributed by atoms with Crippen LogP contribution >= 0.6 is 12.4 Å². The average molecular weight is 391 g/mol. The predicted octanol–water partition coefficient (Wildman–Crippen LogP) is 1.30. The third-order valence-corrected chi connectivity index (χ3v) is 4.79. The Morgan fingerprint density at radius 1 is 1.30 bits per heavy atom. The number of nitrogens with one attached hydrogen (secondary N) is 3. The summed E-state index contributed by atoms with van der Waals surface area (Å²) in [6, 6.07) is 9.55. The van der Waals surface area contributed by atoms with E-state index in [0.29, 0.717) is 24.8 Å². The van der Waals surface area contributed by atoms with E-state index in [2.05, 4.69) is 20.7 Å². The number of aromatic nitrogens is 4. The van der Waals surface area contributed by atoms with E-state index in [4.69, 9.17) is 0 Å². The topological polar surface area (TPSA) is 96.7 Å². The molecule has 1 fully saturated rings. The number of carbonyl (C=O) groups excluding carboxylic acids is 1. The molecule has 1 aliphatic heterocycles. The van der Waals surface area contributed by atoms with Crippen molar-refractivity contribution in [1.82, 2.24) is 30.0 Å². The van der Waals surface area contributed by atoms with E-state index in [1.807, 2.05) is 35.1 Å². The number of hydrogen-bond donors (Lipinski definition) is 3. The fourth-order valence-electron chi connectivity index (χ4n) is 3.42. The minimum Gasteiger partial charge on any atom is -0.349 e. The summed E-state index contributed by atoms with van der Waals surface area (Å²) in [5, 5.41) is 10.6. The van der Waals surface area contributed by atoms with Crippen LogP contribution in [0.2, 0.25) is 0 Å². The molecule has 0 spiro atoms. The normalized spacial score (nSPS) is 16.8. The molecule has 0 aliphatic carbocycles. The highest BCUT2D eigenvalue weighted by molar-refractivity contribution is 5.92. The number of nitrogens with zero attached hydrogens (tertiary/aromatic N) is 3. The number of piperidine rings is 1. The summed E-state index contributed by atoms with van der Waals surface area (Å²) in [7, 11) is 0. The van der Waals surface area contributed by atoms with Crippen molar-refractivity contribution in [3.05, 3.63) is 52.7 Å². The van der Waals surface area contributed by atoms with Crippen molar-refractivity contribution in [3.8, 4) is 0 Å². The maximum atomic E-state index is 12.3. The van der Waals surface area contributed by atoms with Crippen LogP contribution in [0, 0.1) is 0 Å². The summed E-state index contributed by atoms with van der Waals surface area (Å²) >= 11 is 0. The van der Waals surface area contributed by atoms with Crippen LogP contribution in [0.25, 0.3) is 11.0 Å².